The molecule has 0 saturated heterocycles. The van der Waals surface area contributed by atoms with Crippen molar-refractivity contribution in [3.05, 3.63) is 82.4 Å². The molecule has 8 heteroatoms. The van der Waals surface area contributed by atoms with Gasteiger partial charge in [-0.25, -0.2) is 13.2 Å². The van der Waals surface area contributed by atoms with Crippen LogP contribution in [0.5, 0.6) is 0 Å². The molecule has 0 aliphatic heterocycles. The number of aliphatic hydroxyl groups excluding tert-OH is 1. The predicted molar refractivity (Wildman–Crippen MR) is 98.3 cm³/mol. The van der Waals surface area contributed by atoms with Crippen LogP contribution in [0.3, 0.4) is 0 Å². The minimum atomic E-state index is -1.12. The van der Waals surface area contributed by atoms with Crippen molar-refractivity contribution in [1.29, 1.82) is 0 Å². The van der Waals surface area contributed by atoms with E-state index in [2.05, 4.69) is 10.3 Å². The van der Waals surface area contributed by atoms with Crippen molar-refractivity contribution in [3.8, 4) is 0 Å². The van der Waals surface area contributed by atoms with Crippen LogP contribution >= 0.6 is 0 Å². The van der Waals surface area contributed by atoms with Gasteiger partial charge in [0.15, 0.2) is 0 Å². The van der Waals surface area contributed by atoms with E-state index in [4.69, 9.17) is 4.74 Å². The number of amides is 1. The van der Waals surface area contributed by atoms with Gasteiger partial charge in [0.25, 0.3) is 5.91 Å². The molecule has 2 rings (SSSR count). The first kappa shape index (κ1) is 21.2. The van der Waals surface area contributed by atoms with Gasteiger partial charge in [0, 0.05) is 37.5 Å². The van der Waals surface area contributed by atoms with Gasteiger partial charge in [0.2, 0.25) is 0 Å². The van der Waals surface area contributed by atoms with Crippen molar-refractivity contribution in [2.24, 2.45) is 4.99 Å². The van der Waals surface area contributed by atoms with E-state index in [1.165, 1.54) is 7.05 Å². The van der Waals surface area contributed by atoms with Gasteiger partial charge in [-0.05, 0) is 5.56 Å². The van der Waals surface area contributed by atoms with E-state index >= 15 is 0 Å². The first-order valence-corrected chi connectivity index (χ1v) is 8.30. The Hall–Kier alpha value is -3.13. The molecular formula is C20H19F3N2O3. The Kier molecular flexibility index (Phi) is 7.76. The molecule has 28 heavy (non-hydrogen) atoms. The second-order valence-corrected chi connectivity index (χ2v) is 5.76. The Labute approximate surface area is 160 Å². The molecule has 0 atom stereocenters. The maximum Gasteiger partial charge on any atom is 0.256 e. The third kappa shape index (κ3) is 5.95. The van der Waals surface area contributed by atoms with Crippen LogP contribution in [0.25, 0.3) is 0 Å². The number of aliphatic hydroxyl groups is 1. The highest BCUT2D eigenvalue weighted by molar-refractivity contribution is 6.12. The highest BCUT2D eigenvalue weighted by Crippen LogP contribution is 2.15. The number of carbonyl (C=O) groups is 1. The number of carbonyl (C=O) groups excluding carboxylic acids is 1. The number of benzene rings is 2. The number of hydrogen-bond acceptors (Lipinski definition) is 4. The van der Waals surface area contributed by atoms with Gasteiger partial charge >= 0.3 is 0 Å². The summed E-state index contributed by atoms with van der Waals surface area (Å²) in [6.07, 6.45) is 1.11. The molecule has 0 radical (unpaired) electrons. The summed E-state index contributed by atoms with van der Waals surface area (Å²) in [6, 6.07) is 10.2. The summed E-state index contributed by atoms with van der Waals surface area (Å²) in [6.45, 7) is -0.575. The van der Waals surface area contributed by atoms with Crippen molar-refractivity contribution >= 4 is 12.1 Å². The molecule has 148 valence electrons. The van der Waals surface area contributed by atoms with Crippen LogP contribution in [0, 0.1) is 17.5 Å². The first-order valence-electron chi connectivity index (χ1n) is 8.30. The molecule has 2 aromatic rings. The smallest absolute Gasteiger partial charge is 0.256 e. The van der Waals surface area contributed by atoms with Crippen LogP contribution in [-0.4, -0.2) is 30.9 Å². The average molecular weight is 392 g/mol. The topological polar surface area (TPSA) is 70.9 Å². The summed E-state index contributed by atoms with van der Waals surface area (Å²) in [4.78, 5) is 16.0. The van der Waals surface area contributed by atoms with Gasteiger partial charge in [-0.1, -0.05) is 30.3 Å². The molecular weight excluding hydrogens is 373 g/mol. The Balaban J connectivity index is 2.03. The van der Waals surface area contributed by atoms with E-state index < -0.39 is 35.5 Å². The van der Waals surface area contributed by atoms with Gasteiger partial charge in [-0.15, -0.1) is 0 Å². The third-order valence-corrected chi connectivity index (χ3v) is 3.70. The lowest BCUT2D eigenvalue weighted by Gasteiger charge is -2.10. The average Bonchev–Trinajstić information content (AvgIpc) is 2.65. The van der Waals surface area contributed by atoms with Crippen LogP contribution in [0.15, 0.2) is 58.8 Å². The third-order valence-electron chi connectivity index (χ3n) is 3.70. The number of hydrogen-bond donors (Lipinski definition) is 2. The van der Waals surface area contributed by atoms with E-state index in [0.717, 1.165) is 11.8 Å². The second kappa shape index (κ2) is 10.3. The standard InChI is InChI=1S/C20H19F3N2O3/c1-24-9-16(19(26)12-28-11-13-5-3-2-4-6-13)20(27)25-10-15-17(22)7-14(21)8-18(15)23/h2-9,26H,10-12H2,1H3,(H,25,27)/b19-16-,24-9?. The molecule has 0 aliphatic carbocycles. The number of nitrogens with zero attached hydrogens (tertiary/aromatic N) is 1. The minimum Gasteiger partial charge on any atom is -0.509 e. The van der Waals surface area contributed by atoms with Crippen LogP contribution < -0.4 is 5.32 Å². The van der Waals surface area contributed by atoms with Crippen molar-refractivity contribution < 1.29 is 27.8 Å². The number of ether oxygens (including phenoxy) is 1. The van der Waals surface area contributed by atoms with E-state index in [1.807, 2.05) is 30.3 Å². The molecule has 2 aromatic carbocycles. The van der Waals surface area contributed by atoms with Crippen LogP contribution in [0.4, 0.5) is 13.2 Å². The Morgan fingerprint density at radius 1 is 1.18 bits per heavy atom. The quantitative estimate of drug-likeness (QED) is 0.411. The zero-order chi connectivity index (χ0) is 20.5. The lowest BCUT2D eigenvalue weighted by Crippen LogP contribution is -2.27. The minimum absolute atomic E-state index is 0.210. The van der Waals surface area contributed by atoms with E-state index in [0.29, 0.717) is 12.1 Å². The normalized spacial score (nSPS) is 12.1. The predicted octanol–water partition coefficient (Wildman–Crippen LogP) is 3.45. The number of halogens is 3. The highest BCUT2D eigenvalue weighted by atomic mass is 19.1. The maximum absolute atomic E-state index is 13.7. The number of nitrogens with one attached hydrogen (secondary N) is 1. The zero-order valence-corrected chi connectivity index (χ0v) is 15.1. The Morgan fingerprint density at radius 2 is 1.82 bits per heavy atom. The monoisotopic (exact) mass is 392 g/mol. The second-order valence-electron chi connectivity index (χ2n) is 5.76. The fourth-order valence-electron chi connectivity index (χ4n) is 2.32. The van der Waals surface area contributed by atoms with Crippen LogP contribution in [0.1, 0.15) is 11.1 Å². The fraction of sp³-hybridized carbons (Fsp3) is 0.200. The van der Waals surface area contributed by atoms with E-state index in [-0.39, 0.29) is 24.5 Å². The molecule has 0 bridgehead atoms. The summed E-state index contributed by atoms with van der Waals surface area (Å²) < 4.78 is 45.6. The molecule has 0 heterocycles. The number of rotatable bonds is 8. The molecule has 2 N–H and O–H groups in total. The van der Waals surface area contributed by atoms with E-state index in [9.17, 15) is 23.1 Å². The fourth-order valence-corrected chi connectivity index (χ4v) is 2.32. The molecule has 5 nitrogen and oxygen atoms in total. The first-order chi connectivity index (χ1) is 13.4. The van der Waals surface area contributed by atoms with E-state index in [1.54, 1.807) is 0 Å². The summed E-state index contributed by atoms with van der Waals surface area (Å²) in [7, 11) is 1.39. The maximum atomic E-state index is 13.7. The van der Waals surface area contributed by atoms with Crippen molar-refractivity contribution in [1.82, 2.24) is 5.32 Å². The molecule has 1 amide bonds. The number of aliphatic imine (C=N–C) groups is 1. The molecule has 0 fully saturated rings. The zero-order valence-electron chi connectivity index (χ0n) is 15.1. The molecule has 0 unspecified atom stereocenters. The van der Waals surface area contributed by atoms with Crippen molar-refractivity contribution in [3.63, 3.8) is 0 Å². The molecule has 0 aliphatic rings. The van der Waals surface area contributed by atoms with Crippen molar-refractivity contribution in [2.45, 2.75) is 13.2 Å². The Bertz CT molecular complexity index is 861. The largest absolute Gasteiger partial charge is 0.509 e. The summed E-state index contributed by atoms with van der Waals surface area (Å²) in [5, 5.41) is 12.4. The summed E-state index contributed by atoms with van der Waals surface area (Å²) in [5.74, 6) is -4.50. The van der Waals surface area contributed by atoms with Gasteiger partial charge in [0.05, 0.1) is 12.2 Å². The van der Waals surface area contributed by atoms with Crippen LogP contribution in [-0.2, 0) is 22.7 Å². The molecule has 0 saturated carbocycles. The lowest BCUT2D eigenvalue weighted by atomic mass is 10.1. The summed E-state index contributed by atoms with van der Waals surface area (Å²) in [5.41, 5.74) is 0.175. The van der Waals surface area contributed by atoms with Gasteiger partial charge in [-0.3, -0.25) is 9.79 Å². The molecule has 0 spiro atoms. The van der Waals surface area contributed by atoms with Gasteiger partial charge in [-0.2, -0.15) is 0 Å². The van der Waals surface area contributed by atoms with Gasteiger partial charge in [0.1, 0.15) is 29.8 Å². The van der Waals surface area contributed by atoms with Crippen LogP contribution in [0.2, 0.25) is 0 Å². The lowest BCUT2D eigenvalue weighted by molar-refractivity contribution is -0.117. The van der Waals surface area contributed by atoms with Gasteiger partial charge < -0.3 is 15.2 Å². The summed E-state index contributed by atoms with van der Waals surface area (Å²) >= 11 is 0. The molecule has 0 aromatic heterocycles. The Morgan fingerprint density at radius 3 is 2.43 bits per heavy atom. The SMILES string of the molecule is CN=C/C(C(=O)NCc1c(F)cc(F)cc1F)=C(/O)COCc1ccccc1. The highest BCUT2D eigenvalue weighted by Gasteiger charge is 2.17. The van der Waals surface area contributed by atoms with Crippen molar-refractivity contribution in [2.75, 3.05) is 13.7 Å².